The summed E-state index contributed by atoms with van der Waals surface area (Å²) in [4.78, 5) is 22.2. The lowest BCUT2D eigenvalue weighted by Gasteiger charge is -2.10. The third-order valence-corrected chi connectivity index (χ3v) is 3.00. The van der Waals surface area contributed by atoms with Gasteiger partial charge >= 0.3 is 5.97 Å². The second kappa shape index (κ2) is 7.56. The van der Waals surface area contributed by atoms with Crippen molar-refractivity contribution in [1.29, 1.82) is 0 Å². The fraction of sp³-hybridized carbons (Fsp3) is 0.467. The molecule has 0 saturated heterocycles. The number of carboxylic acid groups (broad SMARTS) is 1. The first kappa shape index (κ1) is 15.2. The van der Waals surface area contributed by atoms with Gasteiger partial charge in [0.1, 0.15) is 0 Å². The molecule has 0 aliphatic carbocycles. The molecule has 1 aromatic rings. The number of aliphatic carboxylic acids is 1. The van der Waals surface area contributed by atoms with Gasteiger partial charge in [-0.15, -0.1) is 0 Å². The standard InChI is InChI=1S/C15H21NO3/c1-3-4-5-14(17)16-13-8-6-12(7-9-13)11(2)10-15(18)19/h6-9,11H,3-5,10H2,1-2H3,(H,16,17)(H,18,19). The quantitative estimate of drug-likeness (QED) is 0.792. The average Bonchev–Trinajstić information content (AvgIpc) is 2.36. The summed E-state index contributed by atoms with van der Waals surface area (Å²) in [6.07, 6.45) is 2.54. The van der Waals surface area contributed by atoms with Crippen molar-refractivity contribution in [2.24, 2.45) is 0 Å². The number of nitrogens with one attached hydrogen (secondary N) is 1. The molecule has 1 unspecified atom stereocenters. The second-order valence-corrected chi connectivity index (χ2v) is 4.77. The fourth-order valence-corrected chi connectivity index (χ4v) is 1.84. The Labute approximate surface area is 113 Å². The SMILES string of the molecule is CCCCC(=O)Nc1ccc(C(C)CC(=O)O)cc1. The maximum absolute atomic E-state index is 11.5. The number of benzene rings is 1. The molecule has 0 fully saturated rings. The van der Waals surface area contributed by atoms with Crippen molar-refractivity contribution in [2.75, 3.05) is 5.32 Å². The van der Waals surface area contributed by atoms with Crippen molar-refractivity contribution >= 4 is 17.6 Å². The number of rotatable bonds is 7. The van der Waals surface area contributed by atoms with E-state index in [2.05, 4.69) is 5.32 Å². The zero-order valence-electron chi connectivity index (χ0n) is 11.5. The van der Waals surface area contributed by atoms with Gasteiger partial charge in [-0.3, -0.25) is 9.59 Å². The van der Waals surface area contributed by atoms with E-state index in [-0.39, 0.29) is 18.2 Å². The van der Waals surface area contributed by atoms with E-state index in [1.165, 1.54) is 0 Å². The molecule has 0 bridgehead atoms. The zero-order chi connectivity index (χ0) is 14.3. The van der Waals surface area contributed by atoms with E-state index in [0.29, 0.717) is 6.42 Å². The highest BCUT2D eigenvalue weighted by Crippen LogP contribution is 2.21. The van der Waals surface area contributed by atoms with Crippen LogP contribution in [0.4, 0.5) is 5.69 Å². The van der Waals surface area contributed by atoms with Crippen LogP contribution in [0.1, 0.15) is 51.0 Å². The number of amides is 1. The minimum Gasteiger partial charge on any atom is -0.481 e. The highest BCUT2D eigenvalue weighted by atomic mass is 16.4. The van der Waals surface area contributed by atoms with Gasteiger partial charge in [0.25, 0.3) is 0 Å². The third kappa shape index (κ3) is 5.55. The predicted octanol–water partition coefficient (Wildman–Crippen LogP) is 3.39. The second-order valence-electron chi connectivity index (χ2n) is 4.77. The van der Waals surface area contributed by atoms with Crippen molar-refractivity contribution < 1.29 is 14.7 Å². The number of hydrogen-bond donors (Lipinski definition) is 2. The van der Waals surface area contributed by atoms with E-state index in [9.17, 15) is 9.59 Å². The molecule has 4 nitrogen and oxygen atoms in total. The van der Waals surface area contributed by atoms with Gasteiger partial charge in [0.15, 0.2) is 0 Å². The van der Waals surface area contributed by atoms with Crippen molar-refractivity contribution in [1.82, 2.24) is 0 Å². The molecule has 104 valence electrons. The van der Waals surface area contributed by atoms with Gasteiger partial charge in [-0.05, 0) is 30.0 Å². The van der Waals surface area contributed by atoms with Crippen LogP contribution in [0.2, 0.25) is 0 Å². The molecule has 0 heterocycles. The summed E-state index contributed by atoms with van der Waals surface area (Å²) in [5, 5.41) is 11.6. The first-order valence-electron chi connectivity index (χ1n) is 6.64. The van der Waals surface area contributed by atoms with Gasteiger partial charge in [0, 0.05) is 12.1 Å². The molecule has 0 aromatic heterocycles. The van der Waals surface area contributed by atoms with Crippen LogP contribution in [0.3, 0.4) is 0 Å². The highest BCUT2D eigenvalue weighted by Gasteiger charge is 2.10. The molecule has 0 aliphatic rings. The minimum atomic E-state index is -0.801. The number of anilines is 1. The zero-order valence-corrected chi connectivity index (χ0v) is 11.5. The molecule has 4 heteroatoms. The largest absolute Gasteiger partial charge is 0.481 e. The molecule has 19 heavy (non-hydrogen) atoms. The summed E-state index contributed by atoms with van der Waals surface area (Å²) in [5.41, 5.74) is 1.72. The van der Waals surface area contributed by atoms with Gasteiger partial charge in [-0.2, -0.15) is 0 Å². The van der Waals surface area contributed by atoms with E-state index < -0.39 is 5.97 Å². The van der Waals surface area contributed by atoms with E-state index in [0.717, 1.165) is 24.1 Å². The summed E-state index contributed by atoms with van der Waals surface area (Å²) in [7, 11) is 0. The Balaban J connectivity index is 2.56. The monoisotopic (exact) mass is 263 g/mol. The minimum absolute atomic E-state index is 0.0215. The van der Waals surface area contributed by atoms with Gasteiger partial charge in [0.05, 0.1) is 6.42 Å². The molecule has 1 atom stereocenters. The molecule has 1 aromatic carbocycles. The topological polar surface area (TPSA) is 66.4 Å². The van der Waals surface area contributed by atoms with Crippen molar-refractivity contribution in [3.05, 3.63) is 29.8 Å². The predicted molar refractivity (Wildman–Crippen MR) is 75.3 cm³/mol. The maximum Gasteiger partial charge on any atom is 0.303 e. The van der Waals surface area contributed by atoms with Crippen molar-refractivity contribution in [3.8, 4) is 0 Å². The summed E-state index contributed by atoms with van der Waals surface area (Å²) < 4.78 is 0. The Morgan fingerprint density at radius 1 is 1.26 bits per heavy atom. The lowest BCUT2D eigenvalue weighted by molar-refractivity contribution is -0.137. The van der Waals surface area contributed by atoms with Gasteiger partial charge in [-0.1, -0.05) is 32.4 Å². The number of carboxylic acids is 1. The van der Waals surface area contributed by atoms with Crippen LogP contribution in [0.15, 0.2) is 24.3 Å². The third-order valence-electron chi connectivity index (χ3n) is 3.00. The van der Waals surface area contributed by atoms with Crippen LogP contribution < -0.4 is 5.32 Å². The van der Waals surface area contributed by atoms with Crippen LogP contribution in [-0.2, 0) is 9.59 Å². The van der Waals surface area contributed by atoms with Gasteiger partial charge < -0.3 is 10.4 Å². The number of carbonyl (C=O) groups is 2. The van der Waals surface area contributed by atoms with Crippen LogP contribution >= 0.6 is 0 Å². The molecule has 0 spiro atoms. The highest BCUT2D eigenvalue weighted by molar-refractivity contribution is 5.90. The van der Waals surface area contributed by atoms with Gasteiger partial charge in [0.2, 0.25) is 5.91 Å². The molecule has 0 aliphatic heterocycles. The lowest BCUT2D eigenvalue weighted by atomic mass is 9.98. The Hall–Kier alpha value is -1.84. The van der Waals surface area contributed by atoms with Crippen LogP contribution in [0.5, 0.6) is 0 Å². The summed E-state index contributed by atoms with van der Waals surface area (Å²) in [6.45, 7) is 3.93. The number of carbonyl (C=O) groups excluding carboxylic acids is 1. The van der Waals surface area contributed by atoms with Crippen molar-refractivity contribution in [2.45, 2.75) is 45.4 Å². The van der Waals surface area contributed by atoms with Crippen molar-refractivity contribution in [3.63, 3.8) is 0 Å². The summed E-state index contributed by atoms with van der Waals surface area (Å²) in [6, 6.07) is 7.36. The van der Waals surface area contributed by atoms with Crippen LogP contribution in [0.25, 0.3) is 0 Å². The molecule has 0 saturated carbocycles. The molecular weight excluding hydrogens is 242 g/mol. The molecule has 0 radical (unpaired) electrons. The molecule has 2 N–H and O–H groups in total. The Morgan fingerprint density at radius 3 is 2.42 bits per heavy atom. The maximum atomic E-state index is 11.5. The summed E-state index contributed by atoms with van der Waals surface area (Å²) in [5.74, 6) is -0.806. The molecule has 1 rings (SSSR count). The Morgan fingerprint density at radius 2 is 1.89 bits per heavy atom. The van der Waals surface area contributed by atoms with E-state index in [1.54, 1.807) is 0 Å². The molecule has 1 amide bonds. The first-order valence-corrected chi connectivity index (χ1v) is 6.64. The Bertz CT molecular complexity index is 426. The van der Waals surface area contributed by atoms with Crippen LogP contribution in [0, 0.1) is 0 Å². The lowest BCUT2D eigenvalue weighted by Crippen LogP contribution is -2.11. The van der Waals surface area contributed by atoms with E-state index >= 15 is 0 Å². The Kier molecular flexibility index (Phi) is 6.06. The smallest absolute Gasteiger partial charge is 0.303 e. The van der Waals surface area contributed by atoms with E-state index in [1.807, 2.05) is 38.1 Å². The first-order chi connectivity index (χ1) is 9.02. The normalized spacial score (nSPS) is 11.9. The van der Waals surface area contributed by atoms with Gasteiger partial charge in [-0.25, -0.2) is 0 Å². The number of unbranched alkanes of at least 4 members (excludes halogenated alkanes) is 1. The van der Waals surface area contributed by atoms with E-state index in [4.69, 9.17) is 5.11 Å². The van der Waals surface area contributed by atoms with Crippen LogP contribution in [-0.4, -0.2) is 17.0 Å². The fourth-order valence-electron chi connectivity index (χ4n) is 1.84. The number of hydrogen-bond acceptors (Lipinski definition) is 2. The average molecular weight is 263 g/mol. The summed E-state index contributed by atoms with van der Waals surface area (Å²) >= 11 is 0. The molecular formula is C15H21NO3.